The van der Waals surface area contributed by atoms with Crippen LogP contribution in [0.5, 0.6) is 0 Å². The molecule has 2 unspecified atom stereocenters. The van der Waals surface area contributed by atoms with Crippen molar-refractivity contribution >= 4 is 26.1 Å². The molecule has 1 aliphatic heterocycles. The lowest BCUT2D eigenvalue weighted by Crippen LogP contribution is -2.48. The molecule has 0 spiro atoms. The SMILES string of the molecule is CC(NS(=O)(=O)N1CCCCC1C)c1ccc(Br)cc1. The summed E-state index contributed by atoms with van der Waals surface area (Å²) in [6, 6.07) is 7.54. The van der Waals surface area contributed by atoms with Crippen LogP contribution in [0.25, 0.3) is 0 Å². The van der Waals surface area contributed by atoms with Gasteiger partial charge < -0.3 is 0 Å². The Bertz CT molecular complexity index is 545. The van der Waals surface area contributed by atoms with Crippen LogP contribution in [0.3, 0.4) is 0 Å². The van der Waals surface area contributed by atoms with E-state index >= 15 is 0 Å². The highest BCUT2D eigenvalue weighted by Crippen LogP contribution is 2.22. The predicted molar refractivity (Wildman–Crippen MR) is 84.6 cm³/mol. The molecule has 0 aromatic heterocycles. The average molecular weight is 361 g/mol. The molecule has 2 rings (SSSR count). The molecule has 4 nitrogen and oxygen atoms in total. The lowest BCUT2D eigenvalue weighted by molar-refractivity contribution is 0.264. The summed E-state index contributed by atoms with van der Waals surface area (Å²) in [6.45, 7) is 4.46. The Kier molecular flexibility index (Phi) is 5.23. The van der Waals surface area contributed by atoms with E-state index in [1.165, 1.54) is 0 Å². The van der Waals surface area contributed by atoms with Gasteiger partial charge in [0.2, 0.25) is 0 Å². The van der Waals surface area contributed by atoms with Crippen molar-refractivity contribution in [3.8, 4) is 0 Å². The molecule has 0 saturated carbocycles. The zero-order chi connectivity index (χ0) is 14.8. The van der Waals surface area contributed by atoms with Crippen LogP contribution in [-0.2, 0) is 10.2 Å². The summed E-state index contributed by atoms with van der Waals surface area (Å²) in [5.74, 6) is 0. The molecule has 1 saturated heterocycles. The molecule has 1 aliphatic rings. The minimum atomic E-state index is -3.42. The van der Waals surface area contributed by atoms with Crippen molar-refractivity contribution in [3.63, 3.8) is 0 Å². The summed E-state index contributed by atoms with van der Waals surface area (Å²) in [5, 5.41) is 0. The van der Waals surface area contributed by atoms with Crippen molar-refractivity contribution in [2.45, 2.75) is 45.2 Å². The molecular formula is C14H21BrN2O2S. The van der Waals surface area contributed by atoms with E-state index in [2.05, 4.69) is 20.7 Å². The lowest BCUT2D eigenvalue weighted by Gasteiger charge is -2.33. The molecule has 0 radical (unpaired) electrons. The van der Waals surface area contributed by atoms with Crippen molar-refractivity contribution in [3.05, 3.63) is 34.3 Å². The summed E-state index contributed by atoms with van der Waals surface area (Å²) in [6.07, 6.45) is 2.99. The second kappa shape index (κ2) is 6.56. The summed E-state index contributed by atoms with van der Waals surface area (Å²) in [7, 11) is -3.42. The highest BCUT2D eigenvalue weighted by Gasteiger charge is 2.30. The van der Waals surface area contributed by atoms with E-state index in [0.717, 1.165) is 29.3 Å². The topological polar surface area (TPSA) is 49.4 Å². The Labute approximate surface area is 129 Å². The fourth-order valence-electron chi connectivity index (χ4n) is 2.54. The van der Waals surface area contributed by atoms with Crippen LogP contribution in [-0.4, -0.2) is 25.3 Å². The highest BCUT2D eigenvalue weighted by atomic mass is 79.9. The van der Waals surface area contributed by atoms with Gasteiger partial charge in [0.15, 0.2) is 0 Å². The summed E-state index contributed by atoms with van der Waals surface area (Å²) < 4.78 is 30.3. The number of nitrogens with zero attached hydrogens (tertiary/aromatic N) is 1. The van der Waals surface area contributed by atoms with Gasteiger partial charge in [-0.05, 0) is 44.4 Å². The van der Waals surface area contributed by atoms with Crippen LogP contribution >= 0.6 is 15.9 Å². The number of halogens is 1. The van der Waals surface area contributed by atoms with Gasteiger partial charge in [-0.25, -0.2) is 0 Å². The molecule has 1 fully saturated rings. The molecule has 6 heteroatoms. The molecule has 0 amide bonds. The lowest BCUT2D eigenvalue weighted by atomic mass is 10.1. The smallest absolute Gasteiger partial charge is 0.195 e. The number of benzene rings is 1. The van der Waals surface area contributed by atoms with Gasteiger partial charge in [-0.3, -0.25) is 0 Å². The van der Waals surface area contributed by atoms with Gasteiger partial charge in [0.25, 0.3) is 10.2 Å². The summed E-state index contributed by atoms with van der Waals surface area (Å²) in [5.41, 5.74) is 0.960. The summed E-state index contributed by atoms with van der Waals surface area (Å²) in [4.78, 5) is 0. The quantitative estimate of drug-likeness (QED) is 0.895. The highest BCUT2D eigenvalue weighted by molar-refractivity contribution is 9.10. The Balaban J connectivity index is 2.09. The van der Waals surface area contributed by atoms with Gasteiger partial charge in [0.1, 0.15) is 0 Å². The third kappa shape index (κ3) is 3.81. The van der Waals surface area contributed by atoms with Gasteiger partial charge in [0, 0.05) is 23.1 Å². The van der Waals surface area contributed by atoms with Crippen LogP contribution in [0.1, 0.15) is 44.7 Å². The molecule has 1 heterocycles. The Morgan fingerprint density at radius 3 is 2.55 bits per heavy atom. The Hall–Kier alpha value is -0.430. The molecule has 0 aliphatic carbocycles. The maximum Gasteiger partial charge on any atom is 0.280 e. The van der Waals surface area contributed by atoms with Crippen molar-refractivity contribution < 1.29 is 8.42 Å². The number of hydrogen-bond acceptors (Lipinski definition) is 2. The molecular weight excluding hydrogens is 340 g/mol. The maximum absolute atomic E-state index is 12.5. The van der Waals surface area contributed by atoms with E-state index in [-0.39, 0.29) is 12.1 Å². The second-order valence-electron chi connectivity index (χ2n) is 5.35. The zero-order valence-electron chi connectivity index (χ0n) is 11.8. The Morgan fingerprint density at radius 1 is 1.30 bits per heavy atom. The third-order valence-electron chi connectivity index (χ3n) is 3.75. The van der Waals surface area contributed by atoms with Gasteiger partial charge in [-0.2, -0.15) is 17.4 Å². The van der Waals surface area contributed by atoms with E-state index < -0.39 is 10.2 Å². The molecule has 112 valence electrons. The molecule has 2 atom stereocenters. The van der Waals surface area contributed by atoms with Gasteiger partial charge in [-0.15, -0.1) is 0 Å². The van der Waals surface area contributed by atoms with Crippen LogP contribution < -0.4 is 4.72 Å². The zero-order valence-corrected chi connectivity index (χ0v) is 14.2. The first-order chi connectivity index (χ1) is 9.40. The molecule has 0 bridgehead atoms. The van der Waals surface area contributed by atoms with Crippen LogP contribution in [0.2, 0.25) is 0 Å². The van der Waals surface area contributed by atoms with Gasteiger partial charge in [-0.1, -0.05) is 34.5 Å². The van der Waals surface area contributed by atoms with Crippen LogP contribution in [0, 0.1) is 0 Å². The maximum atomic E-state index is 12.5. The van der Waals surface area contributed by atoms with Crippen molar-refractivity contribution in [1.29, 1.82) is 0 Å². The van der Waals surface area contributed by atoms with Crippen LogP contribution in [0.4, 0.5) is 0 Å². The number of hydrogen-bond donors (Lipinski definition) is 1. The van der Waals surface area contributed by atoms with E-state index in [9.17, 15) is 8.42 Å². The molecule has 1 aromatic carbocycles. The van der Waals surface area contributed by atoms with E-state index in [4.69, 9.17) is 0 Å². The molecule has 1 aromatic rings. The van der Waals surface area contributed by atoms with Crippen molar-refractivity contribution in [1.82, 2.24) is 9.03 Å². The predicted octanol–water partition coefficient (Wildman–Crippen LogP) is 3.22. The minimum absolute atomic E-state index is 0.0818. The standard InChI is InChI=1S/C14H21BrN2O2S/c1-11-5-3-4-10-17(11)20(18,19)16-12(2)13-6-8-14(15)9-7-13/h6-9,11-12,16H,3-5,10H2,1-2H3. The molecule has 20 heavy (non-hydrogen) atoms. The number of piperidine rings is 1. The van der Waals surface area contributed by atoms with E-state index in [1.54, 1.807) is 4.31 Å². The fourth-order valence-corrected chi connectivity index (χ4v) is 4.47. The number of nitrogens with one attached hydrogen (secondary N) is 1. The largest absolute Gasteiger partial charge is 0.280 e. The second-order valence-corrected chi connectivity index (χ2v) is 7.92. The van der Waals surface area contributed by atoms with Crippen molar-refractivity contribution in [2.24, 2.45) is 0 Å². The first kappa shape index (κ1) is 15.9. The monoisotopic (exact) mass is 360 g/mol. The molecule has 1 N–H and O–H groups in total. The Morgan fingerprint density at radius 2 is 1.95 bits per heavy atom. The average Bonchev–Trinajstić information content (AvgIpc) is 2.39. The number of rotatable bonds is 4. The third-order valence-corrected chi connectivity index (χ3v) is 6.09. The fraction of sp³-hybridized carbons (Fsp3) is 0.571. The first-order valence-corrected chi connectivity index (χ1v) is 9.18. The first-order valence-electron chi connectivity index (χ1n) is 6.95. The van der Waals surface area contributed by atoms with Gasteiger partial charge in [0.05, 0.1) is 0 Å². The van der Waals surface area contributed by atoms with Crippen molar-refractivity contribution in [2.75, 3.05) is 6.54 Å². The minimum Gasteiger partial charge on any atom is -0.195 e. The van der Waals surface area contributed by atoms with E-state index in [0.29, 0.717) is 6.54 Å². The van der Waals surface area contributed by atoms with Gasteiger partial charge >= 0.3 is 0 Å². The normalized spacial score (nSPS) is 22.6. The van der Waals surface area contributed by atoms with E-state index in [1.807, 2.05) is 38.1 Å². The summed E-state index contributed by atoms with van der Waals surface area (Å²) >= 11 is 3.38. The van der Waals surface area contributed by atoms with Crippen LogP contribution in [0.15, 0.2) is 28.7 Å².